The first-order valence-corrected chi connectivity index (χ1v) is 12.5. The molecular formula is C26H28N8O4. The van der Waals surface area contributed by atoms with Crippen LogP contribution in [0.3, 0.4) is 0 Å². The first kappa shape index (κ1) is 24.3. The minimum Gasteiger partial charge on any atom is -0.388 e. The van der Waals surface area contributed by atoms with Crippen molar-refractivity contribution in [3.63, 3.8) is 0 Å². The second-order valence-electron chi connectivity index (χ2n) is 9.71. The number of nitrogens with one attached hydrogen (secondary N) is 2. The molecule has 3 N–H and O–H groups in total. The summed E-state index contributed by atoms with van der Waals surface area (Å²) in [5.41, 5.74) is 4.65. The smallest absolute Gasteiger partial charge is 0.249 e. The van der Waals surface area contributed by atoms with Crippen molar-refractivity contribution in [1.82, 2.24) is 34.8 Å². The summed E-state index contributed by atoms with van der Waals surface area (Å²) in [6.07, 6.45) is 4.40. The van der Waals surface area contributed by atoms with Crippen LogP contribution in [0.4, 0.5) is 5.82 Å². The first-order valence-electron chi connectivity index (χ1n) is 12.5. The average Bonchev–Trinajstić information content (AvgIpc) is 3.48. The third-order valence-electron chi connectivity index (χ3n) is 6.60. The van der Waals surface area contributed by atoms with E-state index in [1.165, 1.54) is 0 Å². The minimum atomic E-state index is -0.923. The third-order valence-corrected chi connectivity index (χ3v) is 6.60. The molecule has 2 saturated heterocycles. The molecule has 12 nitrogen and oxygen atoms in total. The molecule has 0 unspecified atom stereocenters. The van der Waals surface area contributed by atoms with E-state index >= 15 is 0 Å². The number of nitrogens with zero attached hydrogens (tertiary/aromatic N) is 6. The van der Waals surface area contributed by atoms with E-state index < -0.39 is 18.4 Å². The van der Waals surface area contributed by atoms with E-state index in [0.717, 1.165) is 22.4 Å². The number of hydrogen-bond donors (Lipinski definition) is 3. The summed E-state index contributed by atoms with van der Waals surface area (Å²) in [4.78, 5) is 35.5. The van der Waals surface area contributed by atoms with Crippen LogP contribution in [0.1, 0.15) is 29.5 Å². The number of rotatable bonds is 7. The number of ether oxygens (including phenoxy) is 2. The van der Waals surface area contributed by atoms with Crippen molar-refractivity contribution in [2.45, 2.75) is 51.3 Å². The van der Waals surface area contributed by atoms with Gasteiger partial charge >= 0.3 is 0 Å². The maximum Gasteiger partial charge on any atom is 0.249 e. The first-order chi connectivity index (χ1) is 18.4. The molecule has 6 rings (SSSR count). The molecule has 0 saturated carbocycles. The van der Waals surface area contributed by atoms with Crippen molar-refractivity contribution >= 4 is 22.9 Å². The lowest BCUT2D eigenvalue weighted by molar-refractivity contribution is -0.138. The number of aliphatic hydroxyl groups is 1. The highest BCUT2D eigenvalue weighted by Crippen LogP contribution is 2.33. The zero-order valence-corrected chi connectivity index (χ0v) is 21.0. The molecule has 12 heteroatoms. The number of imidazole rings is 1. The molecule has 0 aliphatic carbocycles. The summed E-state index contributed by atoms with van der Waals surface area (Å²) >= 11 is 0. The standard InChI is InChI=1S/C26H28N8O4/c1-14-3-4-28-17(6-14)10-29-23-21-24(33-22(32-23)16-5-15(2)8-27-9-16)34(13-30-21)26-19(35)7-20(38-26)25(36)31-18-11-37-12-18/h3-6,8-9,13,18-20,26,35H,7,10-12H2,1-2H3,(H,31,36)(H,29,32,33)/t19-,20+,26-/m1/s1. The molecule has 4 aromatic heterocycles. The van der Waals surface area contributed by atoms with Crippen LogP contribution in [-0.4, -0.2) is 72.0 Å². The molecule has 1 amide bonds. The van der Waals surface area contributed by atoms with E-state index in [4.69, 9.17) is 19.4 Å². The molecule has 0 bridgehead atoms. The van der Waals surface area contributed by atoms with Gasteiger partial charge in [0.1, 0.15) is 12.2 Å². The third kappa shape index (κ3) is 4.80. The maximum absolute atomic E-state index is 12.7. The molecule has 2 aliphatic rings. The van der Waals surface area contributed by atoms with E-state index in [1.807, 2.05) is 32.0 Å². The Morgan fingerprint density at radius 1 is 1.16 bits per heavy atom. The van der Waals surface area contributed by atoms with Crippen LogP contribution in [0.2, 0.25) is 0 Å². The fourth-order valence-electron chi connectivity index (χ4n) is 4.59. The van der Waals surface area contributed by atoms with Gasteiger partial charge < -0.3 is 25.2 Å². The Labute approximate surface area is 218 Å². The maximum atomic E-state index is 12.7. The fraction of sp³-hybridized carbons (Fsp3) is 0.385. The lowest BCUT2D eigenvalue weighted by Crippen LogP contribution is -2.51. The molecule has 0 spiro atoms. The number of carbonyl (C=O) groups excluding carboxylic acids is 1. The van der Waals surface area contributed by atoms with Crippen LogP contribution in [0, 0.1) is 13.8 Å². The molecule has 2 fully saturated rings. The molecule has 6 heterocycles. The largest absolute Gasteiger partial charge is 0.388 e. The summed E-state index contributed by atoms with van der Waals surface area (Å²) in [5.74, 6) is 0.695. The van der Waals surface area contributed by atoms with Crippen LogP contribution in [0.5, 0.6) is 0 Å². The quantitative estimate of drug-likeness (QED) is 0.331. The van der Waals surface area contributed by atoms with Gasteiger partial charge in [-0.25, -0.2) is 15.0 Å². The van der Waals surface area contributed by atoms with E-state index in [9.17, 15) is 9.90 Å². The zero-order chi connectivity index (χ0) is 26.2. The number of aliphatic hydroxyl groups excluding tert-OH is 1. The highest BCUT2D eigenvalue weighted by Gasteiger charge is 2.41. The Balaban J connectivity index is 1.34. The number of fused-ring (bicyclic) bond motifs is 1. The molecule has 38 heavy (non-hydrogen) atoms. The Hall–Kier alpha value is -4.00. The molecule has 196 valence electrons. The van der Waals surface area contributed by atoms with Crippen molar-refractivity contribution in [2.75, 3.05) is 18.5 Å². The molecule has 2 aliphatic heterocycles. The van der Waals surface area contributed by atoms with Crippen LogP contribution in [0.25, 0.3) is 22.6 Å². The summed E-state index contributed by atoms with van der Waals surface area (Å²) in [7, 11) is 0. The average molecular weight is 517 g/mol. The second kappa shape index (κ2) is 10.0. The van der Waals surface area contributed by atoms with Gasteiger partial charge in [-0.2, -0.15) is 0 Å². The highest BCUT2D eigenvalue weighted by atomic mass is 16.5. The number of amides is 1. The van der Waals surface area contributed by atoms with Gasteiger partial charge in [0, 0.05) is 30.6 Å². The van der Waals surface area contributed by atoms with Gasteiger partial charge in [-0.15, -0.1) is 0 Å². The van der Waals surface area contributed by atoms with Crippen LogP contribution in [0.15, 0.2) is 43.1 Å². The molecule has 4 aromatic rings. The Kier molecular flexibility index (Phi) is 6.44. The van der Waals surface area contributed by atoms with Gasteiger partial charge in [-0.3, -0.25) is 19.3 Å². The monoisotopic (exact) mass is 516 g/mol. The number of aromatic nitrogens is 6. The van der Waals surface area contributed by atoms with E-state index in [1.54, 1.807) is 29.5 Å². The Bertz CT molecular complexity index is 1490. The highest BCUT2D eigenvalue weighted by molar-refractivity contribution is 5.85. The van der Waals surface area contributed by atoms with Crippen molar-refractivity contribution in [2.24, 2.45) is 0 Å². The summed E-state index contributed by atoms with van der Waals surface area (Å²) in [5, 5.41) is 17.1. The van der Waals surface area contributed by atoms with Gasteiger partial charge in [0.2, 0.25) is 5.91 Å². The van der Waals surface area contributed by atoms with Crippen LogP contribution >= 0.6 is 0 Å². The lowest BCUT2D eigenvalue weighted by atomic mass is 10.1. The van der Waals surface area contributed by atoms with Gasteiger partial charge in [0.25, 0.3) is 0 Å². The second-order valence-corrected chi connectivity index (χ2v) is 9.71. The van der Waals surface area contributed by atoms with Crippen molar-refractivity contribution in [3.8, 4) is 11.4 Å². The summed E-state index contributed by atoms with van der Waals surface area (Å²) in [6.45, 7) is 5.36. The number of aryl methyl sites for hydroxylation is 2. The molecular weight excluding hydrogens is 488 g/mol. The van der Waals surface area contributed by atoms with Gasteiger partial charge in [-0.05, 0) is 43.2 Å². The van der Waals surface area contributed by atoms with Gasteiger partial charge in [0.15, 0.2) is 29.0 Å². The molecule has 0 aromatic carbocycles. The molecule has 0 radical (unpaired) electrons. The minimum absolute atomic E-state index is 0.0221. The van der Waals surface area contributed by atoms with E-state index in [-0.39, 0.29) is 18.4 Å². The van der Waals surface area contributed by atoms with Crippen LogP contribution in [-0.2, 0) is 20.8 Å². The predicted octanol–water partition coefficient (Wildman–Crippen LogP) is 1.68. The molecule has 3 atom stereocenters. The van der Waals surface area contributed by atoms with Crippen molar-refractivity contribution in [1.29, 1.82) is 0 Å². The normalized spacial score (nSPS) is 21.4. The number of pyridine rings is 2. The predicted molar refractivity (Wildman–Crippen MR) is 137 cm³/mol. The number of anilines is 1. The number of carbonyl (C=O) groups is 1. The number of hydrogen-bond acceptors (Lipinski definition) is 10. The SMILES string of the molecule is Cc1cncc(-c2nc(NCc3cc(C)ccn3)c3ncn([C@@H]4O[C@H](C(=O)NC5COC5)C[C@H]4O)c3n2)c1. The summed E-state index contributed by atoms with van der Waals surface area (Å²) < 4.78 is 12.8. The van der Waals surface area contributed by atoms with Crippen molar-refractivity contribution < 1.29 is 19.4 Å². The zero-order valence-electron chi connectivity index (χ0n) is 21.0. The lowest BCUT2D eigenvalue weighted by Gasteiger charge is -2.27. The Morgan fingerprint density at radius 2 is 2.03 bits per heavy atom. The van der Waals surface area contributed by atoms with Crippen molar-refractivity contribution in [3.05, 3.63) is 59.9 Å². The van der Waals surface area contributed by atoms with Gasteiger partial charge in [0.05, 0.1) is 37.8 Å². The Morgan fingerprint density at radius 3 is 2.79 bits per heavy atom. The van der Waals surface area contributed by atoms with E-state index in [2.05, 4.69) is 25.6 Å². The van der Waals surface area contributed by atoms with E-state index in [0.29, 0.717) is 42.6 Å². The van der Waals surface area contributed by atoms with Crippen LogP contribution < -0.4 is 10.6 Å². The fourth-order valence-corrected chi connectivity index (χ4v) is 4.59. The van der Waals surface area contributed by atoms with Gasteiger partial charge in [-0.1, -0.05) is 0 Å². The summed E-state index contributed by atoms with van der Waals surface area (Å²) in [6, 6.07) is 5.87. The topological polar surface area (TPSA) is 149 Å².